The first-order valence-corrected chi connectivity index (χ1v) is 7.05. The van der Waals surface area contributed by atoms with Crippen molar-refractivity contribution in [2.75, 3.05) is 32.6 Å². The van der Waals surface area contributed by atoms with Crippen LogP contribution in [0, 0.1) is 0 Å². The predicted molar refractivity (Wildman–Crippen MR) is 86.4 cm³/mol. The van der Waals surface area contributed by atoms with Gasteiger partial charge < -0.3 is 15.3 Å². The van der Waals surface area contributed by atoms with E-state index in [1.54, 1.807) is 18.6 Å². The lowest BCUT2D eigenvalue weighted by atomic mass is 10.1. The maximum atomic E-state index is 12.0. The summed E-state index contributed by atoms with van der Waals surface area (Å²) in [6.07, 6.45) is 5.22. The molecule has 0 aromatic carbocycles. The number of likely N-dealkylation sites (N-methyl/N-ethyl adjacent to an activating group) is 1. The van der Waals surface area contributed by atoms with Crippen molar-refractivity contribution in [2.24, 2.45) is 0 Å². The van der Waals surface area contributed by atoms with E-state index in [4.69, 9.17) is 0 Å². The highest BCUT2D eigenvalue weighted by Gasteiger charge is 2.09. The van der Waals surface area contributed by atoms with Gasteiger partial charge in [-0.25, -0.2) is 9.78 Å². The average Bonchev–Trinajstić information content (AvgIpc) is 2.83. The second-order valence-corrected chi connectivity index (χ2v) is 5.31. The van der Waals surface area contributed by atoms with E-state index in [0.717, 1.165) is 17.7 Å². The molecule has 0 aliphatic heterocycles. The number of hydrogen-bond acceptors (Lipinski definition) is 5. The minimum absolute atomic E-state index is 0.215. The van der Waals surface area contributed by atoms with Gasteiger partial charge in [-0.3, -0.25) is 4.98 Å². The third-order valence-corrected chi connectivity index (χ3v) is 3.37. The van der Waals surface area contributed by atoms with Crippen LogP contribution in [-0.4, -0.2) is 51.7 Å². The third kappa shape index (κ3) is 2.84. The summed E-state index contributed by atoms with van der Waals surface area (Å²) in [6.45, 7) is 1.49. The molecule has 0 bridgehead atoms. The van der Waals surface area contributed by atoms with Gasteiger partial charge in [0, 0.05) is 37.2 Å². The van der Waals surface area contributed by atoms with Gasteiger partial charge in [0.25, 0.3) is 0 Å². The van der Waals surface area contributed by atoms with Crippen LogP contribution >= 0.6 is 0 Å². The quantitative estimate of drug-likeness (QED) is 0.731. The summed E-state index contributed by atoms with van der Waals surface area (Å²) < 4.78 is 1.45. The van der Waals surface area contributed by atoms with E-state index in [-0.39, 0.29) is 5.69 Å². The van der Waals surface area contributed by atoms with E-state index >= 15 is 0 Å². The van der Waals surface area contributed by atoms with Crippen LogP contribution in [0.3, 0.4) is 0 Å². The Hall–Kier alpha value is -2.67. The molecule has 0 radical (unpaired) electrons. The number of aromatic amines is 1. The Bertz CT molecular complexity index is 821. The number of H-pyrrole nitrogens is 1. The maximum Gasteiger partial charge on any atom is 0.346 e. The van der Waals surface area contributed by atoms with Gasteiger partial charge in [0.1, 0.15) is 0 Å². The van der Waals surface area contributed by atoms with E-state index < -0.39 is 0 Å². The maximum absolute atomic E-state index is 12.0. The first-order chi connectivity index (χ1) is 10.6. The van der Waals surface area contributed by atoms with Crippen molar-refractivity contribution in [3.8, 4) is 11.1 Å². The molecule has 0 unspecified atom stereocenters. The monoisotopic (exact) mass is 298 g/mol. The van der Waals surface area contributed by atoms with Crippen molar-refractivity contribution in [3.63, 3.8) is 0 Å². The molecule has 0 aliphatic rings. The largest absolute Gasteiger partial charge is 0.346 e. The van der Waals surface area contributed by atoms with Crippen molar-refractivity contribution in [2.45, 2.75) is 0 Å². The summed E-state index contributed by atoms with van der Waals surface area (Å²) in [4.78, 5) is 25.3. The lowest BCUT2D eigenvalue weighted by Crippen LogP contribution is -2.32. The number of imidazole rings is 1. The first kappa shape index (κ1) is 14.3. The van der Waals surface area contributed by atoms with Crippen LogP contribution in [0.1, 0.15) is 0 Å². The fraction of sp³-hybridized carbons (Fsp3) is 0.267. The van der Waals surface area contributed by atoms with E-state index in [9.17, 15) is 4.79 Å². The van der Waals surface area contributed by atoms with Crippen molar-refractivity contribution in [3.05, 3.63) is 47.3 Å². The molecule has 7 heteroatoms. The third-order valence-electron chi connectivity index (χ3n) is 3.37. The van der Waals surface area contributed by atoms with Crippen LogP contribution in [0.15, 0.2) is 41.6 Å². The first-order valence-electron chi connectivity index (χ1n) is 7.05. The van der Waals surface area contributed by atoms with Crippen LogP contribution in [0.5, 0.6) is 0 Å². The van der Waals surface area contributed by atoms with Crippen molar-refractivity contribution in [1.82, 2.24) is 24.5 Å². The topological polar surface area (TPSA) is 78.8 Å². The second kappa shape index (κ2) is 5.98. The minimum Gasteiger partial charge on any atom is -0.319 e. The fourth-order valence-electron chi connectivity index (χ4n) is 2.23. The van der Waals surface area contributed by atoms with E-state index in [2.05, 4.69) is 20.4 Å². The summed E-state index contributed by atoms with van der Waals surface area (Å²) in [5.41, 5.74) is 6.13. The summed E-state index contributed by atoms with van der Waals surface area (Å²) in [5.74, 6) is 0. The molecule has 2 N–H and O–H groups in total. The highest BCUT2D eigenvalue weighted by atomic mass is 16.2. The molecule has 0 aliphatic carbocycles. The smallest absolute Gasteiger partial charge is 0.319 e. The van der Waals surface area contributed by atoms with Crippen molar-refractivity contribution < 1.29 is 0 Å². The summed E-state index contributed by atoms with van der Waals surface area (Å²) in [7, 11) is 3.97. The molecule has 0 fully saturated rings. The Kier molecular flexibility index (Phi) is 3.88. The van der Waals surface area contributed by atoms with E-state index in [1.807, 2.05) is 37.2 Å². The van der Waals surface area contributed by atoms with Gasteiger partial charge >= 0.3 is 5.69 Å². The summed E-state index contributed by atoms with van der Waals surface area (Å²) in [6, 6.07) is 5.74. The van der Waals surface area contributed by atoms with Crippen molar-refractivity contribution in [1.29, 1.82) is 0 Å². The Morgan fingerprint density at radius 1 is 1.27 bits per heavy atom. The highest BCUT2D eigenvalue weighted by Crippen LogP contribution is 2.20. The van der Waals surface area contributed by atoms with Crippen LogP contribution in [0.4, 0.5) is 0 Å². The molecule has 3 heterocycles. The second-order valence-electron chi connectivity index (χ2n) is 5.31. The Labute approximate surface area is 127 Å². The van der Waals surface area contributed by atoms with Crippen LogP contribution < -0.4 is 11.1 Å². The number of nitrogens with one attached hydrogen (secondary N) is 2. The predicted octanol–water partition coefficient (Wildman–Crippen LogP) is 0.892. The van der Waals surface area contributed by atoms with Crippen LogP contribution in [-0.2, 0) is 0 Å². The SMILES string of the molecule is CN(C)CCNn1c(=O)[nH]c2cc(-c3ccncc3)cnc21. The lowest BCUT2D eigenvalue weighted by molar-refractivity contribution is 0.419. The highest BCUT2D eigenvalue weighted by molar-refractivity contribution is 5.78. The van der Waals surface area contributed by atoms with Gasteiger partial charge in [-0.15, -0.1) is 0 Å². The Morgan fingerprint density at radius 2 is 2.05 bits per heavy atom. The van der Waals surface area contributed by atoms with Crippen LogP contribution in [0.25, 0.3) is 22.3 Å². The number of fused-ring (bicyclic) bond motifs is 1. The molecule has 0 saturated carbocycles. The normalized spacial score (nSPS) is 11.2. The Morgan fingerprint density at radius 3 is 2.77 bits per heavy atom. The molecule has 114 valence electrons. The molecule has 0 amide bonds. The van der Waals surface area contributed by atoms with Gasteiger partial charge in [-0.2, -0.15) is 4.68 Å². The zero-order valence-corrected chi connectivity index (χ0v) is 12.6. The zero-order valence-electron chi connectivity index (χ0n) is 12.6. The lowest BCUT2D eigenvalue weighted by Gasteiger charge is -2.11. The van der Waals surface area contributed by atoms with E-state index in [0.29, 0.717) is 17.7 Å². The molecular formula is C15H18N6O. The molecule has 22 heavy (non-hydrogen) atoms. The van der Waals surface area contributed by atoms with Gasteiger partial charge in [0.2, 0.25) is 0 Å². The summed E-state index contributed by atoms with van der Waals surface area (Å²) >= 11 is 0. The van der Waals surface area contributed by atoms with Gasteiger partial charge in [0.05, 0.1) is 5.52 Å². The minimum atomic E-state index is -0.215. The van der Waals surface area contributed by atoms with Gasteiger partial charge in [0.15, 0.2) is 5.65 Å². The zero-order chi connectivity index (χ0) is 15.5. The number of nitrogens with zero attached hydrogens (tertiary/aromatic N) is 4. The molecule has 0 atom stereocenters. The molecule has 7 nitrogen and oxygen atoms in total. The van der Waals surface area contributed by atoms with Gasteiger partial charge in [-0.05, 0) is 37.9 Å². The Balaban J connectivity index is 1.93. The van der Waals surface area contributed by atoms with Crippen LogP contribution in [0.2, 0.25) is 0 Å². The number of aromatic nitrogens is 4. The summed E-state index contributed by atoms with van der Waals surface area (Å²) in [5, 5.41) is 0. The van der Waals surface area contributed by atoms with Gasteiger partial charge in [-0.1, -0.05) is 0 Å². The molecule has 0 spiro atoms. The fourth-order valence-corrected chi connectivity index (χ4v) is 2.23. The molecule has 3 aromatic heterocycles. The molecule has 3 aromatic rings. The number of pyridine rings is 2. The average molecular weight is 298 g/mol. The molecule has 3 rings (SSSR count). The molecule has 0 saturated heterocycles. The number of hydrogen-bond donors (Lipinski definition) is 2. The van der Waals surface area contributed by atoms with E-state index in [1.165, 1.54) is 4.68 Å². The number of rotatable bonds is 5. The molecular weight excluding hydrogens is 280 g/mol. The standard InChI is InChI=1S/C15H18N6O/c1-20(2)8-7-18-21-14-13(19-15(21)22)9-12(10-17-14)11-3-5-16-6-4-11/h3-6,9-10,18H,7-8H2,1-2H3,(H,19,22). The van der Waals surface area contributed by atoms with Crippen molar-refractivity contribution >= 4 is 11.2 Å².